The summed E-state index contributed by atoms with van der Waals surface area (Å²) in [6, 6.07) is -1.70. The molecule has 0 aliphatic carbocycles. The quantitative estimate of drug-likeness (QED) is 0.368. The number of β-amino-alcohol motifs (C(OH)–C–C–N with tert-alkyl or cyclic N) is 1. The van der Waals surface area contributed by atoms with E-state index in [1.165, 1.54) is 25.5 Å². The topological polar surface area (TPSA) is 132 Å². The number of anilines is 1. The zero-order valence-electron chi connectivity index (χ0n) is 21.2. The second-order valence-electron chi connectivity index (χ2n) is 10.0. The van der Waals surface area contributed by atoms with Gasteiger partial charge in [0.1, 0.15) is 10.9 Å². The molecule has 3 atom stereocenters. The number of nitrogens with zero attached hydrogens (tertiary/aromatic N) is 5. The van der Waals surface area contributed by atoms with E-state index in [1.54, 1.807) is 0 Å². The Morgan fingerprint density at radius 2 is 1.85 bits per heavy atom. The second-order valence-corrected chi connectivity index (χ2v) is 12.5. The van der Waals surface area contributed by atoms with Crippen molar-refractivity contribution in [2.45, 2.75) is 54.8 Å². The number of carbonyl (C=O) groups is 2. The zero-order chi connectivity index (χ0) is 29.4. The van der Waals surface area contributed by atoms with E-state index < -0.39 is 44.6 Å². The first-order valence-electron chi connectivity index (χ1n) is 12.2. The van der Waals surface area contributed by atoms with Crippen molar-refractivity contribution >= 4 is 27.7 Å². The predicted molar refractivity (Wildman–Crippen MR) is 133 cm³/mol. The van der Waals surface area contributed by atoms with E-state index in [4.69, 9.17) is 4.74 Å². The minimum absolute atomic E-state index is 0.0644. The summed E-state index contributed by atoms with van der Waals surface area (Å²) in [6.07, 6.45) is 6.21. The summed E-state index contributed by atoms with van der Waals surface area (Å²) < 4.78 is 72.5. The molecule has 0 radical (unpaired) electrons. The highest BCUT2D eigenvalue weighted by atomic mass is 32.5. The maximum atomic E-state index is 14.0. The first kappa shape index (κ1) is 29.4. The van der Waals surface area contributed by atoms with Gasteiger partial charge in [0.05, 0.1) is 24.0 Å². The number of amides is 2. The zero-order valence-corrected chi connectivity index (χ0v) is 22.0. The smallest absolute Gasteiger partial charge is 0.310 e. The standard InChI is InChI=1S/C24H27F5N6O4S/c1-24(38)12-20(34(14-24)15-30)23(37)35(17-2-4-18(5-3-17)40(25,26,27,28)29)21(19-13-31-8-9-32-19)22(36)33-16-6-10-39-11-7-16/h2-5,8-9,13,16,20-21,38H,6-7,10-12,14H2,1H3,(H,33,36)/t20-,21?,24-/m1/s1. The minimum atomic E-state index is -10.0. The molecule has 2 saturated heterocycles. The molecule has 2 fully saturated rings. The molecule has 0 spiro atoms. The summed E-state index contributed by atoms with van der Waals surface area (Å²) in [5, 5.41) is 23.0. The lowest BCUT2D eigenvalue weighted by Gasteiger charge is -2.41. The van der Waals surface area contributed by atoms with E-state index in [9.17, 15) is 39.4 Å². The van der Waals surface area contributed by atoms with Crippen molar-refractivity contribution in [3.63, 3.8) is 0 Å². The Kier molecular flexibility index (Phi) is 7.23. The maximum absolute atomic E-state index is 14.0. The second kappa shape index (κ2) is 9.82. The van der Waals surface area contributed by atoms with Gasteiger partial charge in [-0.2, -0.15) is 5.26 Å². The fourth-order valence-corrected chi connectivity index (χ4v) is 5.43. The van der Waals surface area contributed by atoms with Crippen LogP contribution in [0.15, 0.2) is 47.8 Å². The number of nitrogens with one attached hydrogen (secondary N) is 1. The number of rotatable bonds is 7. The molecule has 2 N–H and O–H groups in total. The lowest BCUT2D eigenvalue weighted by molar-refractivity contribution is -0.129. The number of aliphatic hydroxyl groups is 1. The fraction of sp³-hybridized carbons (Fsp3) is 0.458. The van der Waals surface area contributed by atoms with Gasteiger partial charge in [-0.05, 0) is 44.0 Å². The predicted octanol–water partition coefficient (Wildman–Crippen LogP) is 3.81. The van der Waals surface area contributed by atoms with Crippen molar-refractivity contribution in [1.29, 1.82) is 5.26 Å². The van der Waals surface area contributed by atoms with E-state index in [0.717, 1.165) is 9.80 Å². The average molecular weight is 591 g/mol. The highest BCUT2D eigenvalue weighted by Gasteiger charge is 2.65. The van der Waals surface area contributed by atoms with Crippen molar-refractivity contribution in [3.05, 3.63) is 48.5 Å². The molecule has 0 bridgehead atoms. The molecule has 1 aromatic carbocycles. The van der Waals surface area contributed by atoms with E-state index in [-0.39, 0.29) is 42.5 Å². The Balaban J connectivity index is 1.83. The van der Waals surface area contributed by atoms with Crippen LogP contribution in [0.1, 0.15) is 37.9 Å². The Morgan fingerprint density at radius 3 is 2.40 bits per heavy atom. The van der Waals surface area contributed by atoms with Gasteiger partial charge in [0.25, 0.3) is 5.91 Å². The van der Waals surface area contributed by atoms with Gasteiger partial charge in [-0.1, -0.05) is 19.4 Å². The first-order valence-corrected chi connectivity index (χ1v) is 14.1. The molecule has 3 heterocycles. The molecular weight excluding hydrogens is 563 g/mol. The third kappa shape index (κ3) is 6.60. The van der Waals surface area contributed by atoms with Gasteiger partial charge >= 0.3 is 10.2 Å². The van der Waals surface area contributed by atoms with Crippen LogP contribution in [-0.2, 0) is 14.3 Å². The minimum Gasteiger partial charge on any atom is -0.388 e. The molecule has 10 nitrogen and oxygen atoms in total. The van der Waals surface area contributed by atoms with E-state index >= 15 is 0 Å². The van der Waals surface area contributed by atoms with Crippen LogP contribution >= 0.6 is 10.2 Å². The highest BCUT2D eigenvalue weighted by Crippen LogP contribution is 3.02. The monoisotopic (exact) mass is 590 g/mol. The highest BCUT2D eigenvalue weighted by molar-refractivity contribution is 8.45. The SMILES string of the molecule is C[C@@]1(O)C[C@H](C(=O)N(c2ccc(S(F)(F)(F)(F)F)cc2)C(C(=O)NC2CCOCC2)c2cnccn2)N(C#N)C1. The van der Waals surface area contributed by atoms with Crippen LogP contribution in [0.2, 0.25) is 0 Å². The number of benzene rings is 1. The number of aromatic nitrogens is 2. The molecule has 2 aliphatic heterocycles. The fourth-order valence-electron chi connectivity index (χ4n) is 4.78. The van der Waals surface area contributed by atoms with Crippen LogP contribution in [0.5, 0.6) is 0 Å². The third-order valence-electron chi connectivity index (χ3n) is 6.67. The number of hydrogen-bond acceptors (Lipinski definition) is 8. The Bertz CT molecular complexity index is 1300. The van der Waals surface area contributed by atoms with Crippen molar-refractivity contribution in [2.75, 3.05) is 24.7 Å². The van der Waals surface area contributed by atoms with Crippen molar-refractivity contribution in [1.82, 2.24) is 20.2 Å². The van der Waals surface area contributed by atoms with Gasteiger partial charge in [-0.15, -0.1) is 0 Å². The van der Waals surface area contributed by atoms with Crippen LogP contribution < -0.4 is 10.2 Å². The normalized spacial score (nSPS) is 24.4. The summed E-state index contributed by atoms with van der Waals surface area (Å²) in [5.74, 6) is -1.69. The van der Waals surface area contributed by atoms with Gasteiger partial charge < -0.3 is 15.2 Å². The van der Waals surface area contributed by atoms with Gasteiger partial charge in [0.15, 0.2) is 12.2 Å². The summed E-state index contributed by atoms with van der Waals surface area (Å²) in [4.78, 5) is 35.4. The lowest BCUT2D eigenvalue weighted by Crippen LogP contribution is -2.52. The Hall–Kier alpha value is -3.55. The van der Waals surface area contributed by atoms with Gasteiger partial charge in [0.2, 0.25) is 5.91 Å². The maximum Gasteiger partial charge on any atom is 0.310 e. The van der Waals surface area contributed by atoms with Crippen molar-refractivity contribution in [3.8, 4) is 6.19 Å². The first-order chi connectivity index (χ1) is 18.5. The van der Waals surface area contributed by atoms with Gasteiger partial charge in [-0.25, -0.2) is 0 Å². The third-order valence-corrected chi connectivity index (χ3v) is 7.83. The molecule has 2 aromatic rings. The molecule has 218 valence electrons. The van der Waals surface area contributed by atoms with E-state index in [0.29, 0.717) is 38.2 Å². The van der Waals surface area contributed by atoms with E-state index in [2.05, 4.69) is 15.3 Å². The summed E-state index contributed by atoms with van der Waals surface area (Å²) >= 11 is 0. The molecular formula is C24H27F5N6O4S. The lowest BCUT2D eigenvalue weighted by atomic mass is 10.0. The molecule has 4 rings (SSSR count). The van der Waals surface area contributed by atoms with Crippen LogP contribution in [0, 0.1) is 11.5 Å². The number of likely N-dealkylation sites (tertiary alicyclic amines) is 1. The summed E-state index contributed by atoms with van der Waals surface area (Å²) in [5.41, 5.74) is -1.87. The number of halogens is 5. The Labute approximate surface area is 226 Å². The molecule has 0 saturated carbocycles. The van der Waals surface area contributed by atoms with Gasteiger partial charge in [0, 0.05) is 43.8 Å². The summed E-state index contributed by atoms with van der Waals surface area (Å²) in [6.45, 7) is 1.92. The molecule has 2 amide bonds. The van der Waals surface area contributed by atoms with Crippen LogP contribution in [0.4, 0.5) is 25.1 Å². The number of carbonyl (C=O) groups excluding carboxylic acids is 2. The van der Waals surface area contributed by atoms with Crippen LogP contribution in [0.25, 0.3) is 0 Å². The van der Waals surface area contributed by atoms with Crippen LogP contribution in [0.3, 0.4) is 0 Å². The molecule has 2 aliphatic rings. The van der Waals surface area contributed by atoms with Gasteiger partial charge in [-0.3, -0.25) is 29.4 Å². The van der Waals surface area contributed by atoms with Crippen molar-refractivity contribution < 1.29 is 38.9 Å². The largest absolute Gasteiger partial charge is 0.388 e. The number of nitriles is 1. The molecule has 16 heteroatoms. The number of ether oxygens (including phenoxy) is 1. The van der Waals surface area contributed by atoms with Crippen LogP contribution in [-0.4, -0.2) is 69.2 Å². The molecule has 1 aromatic heterocycles. The summed E-state index contributed by atoms with van der Waals surface area (Å²) in [7, 11) is -10.0. The van der Waals surface area contributed by atoms with Crippen molar-refractivity contribution in [2.24, 2.45) is 0 Å². The Morgan fingerprint density at radius 1 is 1.20 bits per heavy atom. The average Bonchev–Trinajstić information content (AvgIpc) is 3.21. The molecule has 1 unspecified atom stereocenters. The molecule has 40 heavy (non-hydrogen) atoms. The van der Waals surface area contributed by atoms with E-state index in [1.807, 2.05) is 6.19 Å². The number of hydrogen-bond donors (Lipinski definition) is 2.